The van der Waals surface area contributed by atoms with Crippen molar-refractivity contribution in [3.8, 4) is 0 Å². The maximum Gasteiger partial charge on any atom is 0.127 e. The van der Waals surface area contributed by atoms with Crippen LogP contribution in [0.5, 0.6) is 0 Å². The molecule has 0 saturated heterocycles. The molecule has 1 saturated carbocycles. The predicted molar refractivity (Wildman–Crippen MR) is 89.1 cm³/mol. The van der Waals surface area contributed by atoms with Crippen LogP contribution in [0, 0.1) is 0 Å². The van der Waals surface area contributed by atoms with Gasteiger partial charge in [-0.2, -0.15) is 11.8 Å². The minimum Gasteiger partial charge on any atom is -0.325 e. The fraction of sp³-hybridized carbons (Fsp3) is 0.533. The average Bonchev–Trinajstić information content (AvgIpc) is 2.72. The fourth-order valence-electron chi connectivity index (χ4n) is 2.87. The molecule has 2 aromatic rings. The lowest BCUT2D eigenvalue weighted by atomic mass is 9.84. The number of hydrogen-bond acceptors (Lipinski definition) is 2. The van der Waals surface area contributed by atoms with Gasteiger partial charge in [-0.25, -0.2) is 4.98 Å². The predicted octanol–water partition coefficient (Wildman–Crippen LogP) is 5.28. The zero-order valence-corrected chi connectivity index (χ0v) is 14.0. The van der Waals surface area contributed by atoms with Gasteiger partial charge in [0.1, 0.15) is 5.82 Å². The van der Waals surface area contributed by atoms with Crippen LogP contribution in [0.15, 0.2) is 18.2 Å². The van der Waals surface area contributed by atoms with Crippen molar-refractivity contribution >= 4 is 46.0 Å². The van der Waals surface area contributed by atoms with Crippen molar-refractivity contribution in [3.05, 3.63) is 29.0 Å². The van der Waals surface area contributed by atoms with Crippen LogP contribution in [0.4, 0.5) is 0 Å². The molecule has 1 unspecified atom stereocenters. The van der Waals surface area contributed by atoms with Crippen LogP contribution in [0.25, 0.3) is 11.0 Å². The zero-order chi connectivity index (χ0) is 14.3. The number of thioether (sulfide) groups is 1. The maximum absolute atomic E-state index is 6.33. The molecule has 1 atom stereocenters. The first kappa shape index (κ1) is 14.6. The van der Waals surface area contributed by atoms with Gasteiger partial charge in [0.15, 0.2) is 0 Å². The monoisotopic (exact) mass is 328 g/mol. The molecule has 3 rings (SSSR count). The van der Waals surface area contributed by atoms with Gasteiger partial charge < -0.3 is 4.57 Å². The molecular formula is C15H18Cl2N2S. The summed E-state index contributed by atoms with van der Waals surface area (Å²) in [6.07, 6.45) is 6.06. The van der Waals surface area contributed by atoms with Gasteiger partial charge in [0.25, 0.3) is 0 Å². The molecule has 0 radical (unpaired) electrons. The van der Waals surface area contributed by atoms with Crippen molar-refractivity contribution in [1.82, 2.24) is 9.55 Å². The molecule has 0 amide bonds. The summed E-state index contributed by atoms with van der Waals surface area (Å²) in [6.45, 7) is 2.95. The van der Waals surface area contributed by atoms with Crippen LogP contribution in [0.2, 0.25) is 5.02 Å². The van der Waals surface area contributed by atoms with Crippen molar-refractivity contribution in [2.24, 2.45) is 0 Å². The number of alkyl halides is 1. The Kier molecular flexibility index (Phi) is 3.95. The molecule has 108 valence electrons. The van der Waals surface area contributed by atoms with Gasteiger partial charge in [-0.15, -0.1) is 11.6 Å². The molecule has 0 N–H and O–H groups in total. The molecule has 20 heavy (non-hydrogen) atoms. The number of fused-ring (bicyclic) bond motifs is 1. The zero-order valence-electron chi connectivity index (χ0n) is 11.7. The molecule has 1 heterocycles. The van der Waals surface area contributed by atoms with Gasteiger partial charge in [-0.1, -0.05) is 18.0 Å². The van der Waals surface area contributed by atoms with E-state index in [1.54, 1.807) is 0 Å². The molecule has 1 aliphatic rings. The van der Waals surface area contributed by atoms with Crippen LogP contribution in [0.3, 0.4) is 0 Å². The number of hydrogen-bond donors (Lipinski definition) is 0. The van der Waals surface area contributed by atoms with E-state index in [-0.39, 0.29) is 5.38 Å². The maximum atomic E-state index is 6.33. The lowest BCUT2D eigenvalue weighted by Crippen LogP contribution is -2.38. The highest BCUT2D eigenvalue weighted by atomic mass is 35.5. The first-order chi connectivity index (χ1) is 9.54. The second kappa shape index (κ2) is 5.43. The van der Waals surface area contributed by atoms with E-state index in [1.165, 1.54) is 19.3 Å². The van der Waals surface area contributed by atoms with Gasteiger partial charge >= 0.3 is 0 Å². The molecule has 2 nitrogen and oxygen atoms in total. The summed E-state index contributed by atoms with van der Waals surface area (Å²) in [5, 5.41) is 0.652. The third-order valence-electron chi connectivity index (χ3n) is 4.24. The van der Waals surface area contributed by atoms with Crippen LogP contribution < -0.4 is 0 Å². The minimum atomic E-state index is -0.0971. The summed E-state index contributed by atoms with van der Waals surface area (Å²) in [5.74, 6) is 0.948. The smallest absolute Gasteiger partial charge is 0.127 e. The Morgan fingerprint density at radius 2 is 2.20 bits per heavy atom. The summed E-state index contributed by atoms with van der Waals surface area (Å²) in [5.41, 5.74) is 2.08. The highest BCUT2D eigenvalue weighted by Gasteiger charge is 2.37. The van der Waals surface area contributed by atoms with E-state index >= 15 is 0 Å². The van der Waals surface area contributed by atoms with Crippen LogP contribution in [0.1, 0.15) is 37.4 Å². The summed E-state index contributed by atoms with van der Waals surface area (Å²) >= 11 is 14.4. The largest absolute Gasteiger partial charge is 0.325 e. The van der Waals surface area contributed by atoms with E-state index in [9.17, 15) is 0 Å². The summed E-state index contributed by atoms with van der Waals surface area (Å²) in [6, 6.07) is 5.86. The van der Waals surface area contributed by atoms with Gasteiger partial charge in [-0.05, 0) is 44.2 Å². The van der Waals surface area contributed by atoms with E-state index < -0.39 is 0 Å². The Hall–Kier alpha value is -0.380. The summed E-state index contributed by atoms with van der Waals surface area (Å²) in [7, 11) is 0. The average molecular weight is 329 g/mol. The van der Waals surface area contributed by atoms with Gasteiger partial charge in [0.2, 0.25) is 0 Å². The lowest BCUT2D eigenvalue weighted by Gasteiger charge is -2.41. The molecule has 1 fully saturated rings. The normalized spacial score (nSPS) is 19.0. The Balaban J connectivity index is 2.10. The van der Waals surface area contributed by atoms with Gasteiger partial charge in [-0.3, -0.25) is 0 Å². The third-order valence-corrected chi connectivity index (χ3v) is 6.07. The van der Waals surface area contributed by atoms with Crippen molar-refractivity contribution < 1.29 is 0 Å². The van der Waals surface area contributed by atoms with Crippen molar-refractivity contribution in [2.45, 2.75) is 42.9 Å². The molecule has 5 heteroatoms. The number of imidazole rings is 1. The van der Waals surface area contributed by atoms with Gasteiger partial charge in [0, 0.05) is 16.3 Å². The van der Waals surface area contributed by atoms with Crippen LogP contribution >= 0.6 is 35.0 Å². The molecule has 1 aromatic carbocycles. The van der Waals surface area contributed by atoms with E-state index in [0.717, 1.165) is 28.4 Å². The Morgan fingerprint density at radius 1 is 1.45 bits per heavy atom. The van der Waals surface area contributed by atoms with Crippen molar-refractivity contribution in [2.75, 3.05) is 6.26 Å². The number of halogens is 2. The van der Waals surface area contributed by atoms with Crippen molar-refractivity contribution in [3.63, 3.8) is 0 Å². The number of aromatic nitrogens is 2. The summed E-state index contributed by atoms with van der Waals surface area (Å²) < 4.78 is 2.62. The van der Waals surface area contributed by atoms with Crippen LogP contribution in [-0.2, 0) is 6.54 Å². The summed E-state index contributed by atoms with van der Waals surface area (Å²) in [4.78, 5) is 4.69. The van der Waals surface area contributed by atoms with Gasteiger partial charge in [0.05, 0.1) is 16.4 Å². The Labute approximate surface area is 133 Å². The van der Waals surface area contributed by atoms with E-state index in [0.29, 0.717) is 4.75 Å². The molecule has 0 spiro atoms. The quantitative estimate of drug-likeness (QED) is 0.711. The first-order valence-electron chi connectivity index (χ1n) is 6.89. The SMILES string of the molecule is CSC1(Cn2c(C(C)Cl)nc3ccc(Cl)cc32)CCC1. The minimum absolute atomic E-state index is 0.0971. The van der Waals surface area contributed by atoms with E-state index in [2.05, 4.69) is 10.8 Å². The highest BCUT2D eigenvalue weighted by molar-refractivity contribution is 8.00. The fourth-order valence-corrected chi connectivity index (χ4v) is 4.16. The topological polar surface area (TPSA) is 17.8 Å². The number of nitrogens with zero attached hydrogens (tertiary/aromatic N) is 2. The number of rotatable bonds is 4. The molecule has 0 bridgehead atoms. The number of benzene rings is 1. The van der Waals surface area contributed by atoms with Crippen LogP contribution in [-0.4, -0.2) is 20.6 Å². The van der Waals surface area contributed by atoms with Crippen molar-refractivity contribution in [1.29, 1.82) is 0 Å². The lowest BCUT2D eigenvalue weighted by molar-refractivity contribution is 0.321. The first-order valence-corrected chi connectivity index (χ1v) is 8.93. The Morgan fingerprint density at radius 3 is 2.75 bits per heavy atom. The molecule has 1 aliphatic carbocycles. The molecular weight excluding hydrogens is 311 g/mol. The second-order valence-corrected chi connectivity index (χ2v) is 7.91. The van der Waals surface area contributed by atoms with E-state index in [1.807, 2.05) is 36.9 Å². The Bertz CT molecular complexity index is 627. The standard InChI is InChI=1S/C15H18Cl2N2S/c1-10(16)14-18-12-5-4-11(17)8-13(12)19(14)9-15(20-2)6-3-7-15/h4-5,8,10H,3,6-7,9H2,1-2H3. The molecule has 1 aromatic heterocycles. The third kappa shape index (κ3) is 2.44. The molecule has 0 aliphatic heterocycles. The second-order valence-electron chi connectivity index (χ2n) is 5.55. The van der Waals surface area contributed by atoms with E-state index in [4.69, 9.17) is 28.2 Å². The highest BCUT2D eigenvalue weighted by Crippen LogP contribution is 2.45.